The van der Waals surface area contributed by atoms with Crippen LogP contribution in [0.1, 0.15) is 47.1 Å². The SMILES string of the molecule is CCc1nn2c(C)cc(C)nc2c1Cc1ccc(/C=C/CC2(O)CN(C)C2)cc1. The number of aliphatic hydroxyl groups is 1. The zero-order valence-corrected chi connectivity index (χ0v) is 17.8. The molecular formula is C24H30N4O. The van der Waals surface area contributed by atoms with Gasteiger partial charge in [0.2, 0.25) is 0 Å². The molecule has 0 amide bonds. The van der Waals surface area contributed by atoms with Crippen LogP contribution in [0.2, 0.25) is 0 Å². The summed E-state index contributed by atoms with van der Waals surface area (Å²) in [5, 5.41) is 15.1. The van der Waals surface area contributed by atoms with E-state index in [1.165, 1.54) is 11.1 Å². The Bertz CT molecular complexity index is 1040. The summed E-state index contributed by atoms with van der Waals surface area (Å²) in [6.07, 6.45) is 6.61. The summed E-state index contributed by atoms with van der Waals surface area (Å²) in [5.41, 5.74) is 7.33. The van der Waals surface area contributed by atoms with E-state index in [0.717, 1.165) is 54.2 Å². The Morgan fingerprint density at radius 2 is 1.90 bits per heavy atom. The molecule has 1 saturated heterocycles. The van der Waals surface area contributed by atoms with Crippen molar-refractivity contribution < 1.29 is 5.11 Å². The summed E-state index contributed by atoms with van der Waals surface area (Å²) in [4.78, 5) is 6.89. The number of likely N-dealkylation sites (tertiary alicyclic amines) is 1. The Balaban J connectivity index is 1.50. The first-order valence-electron chi connectivity index (χ1n) is 10.4. The van der Waals surface area contributed by atoms with E-state index >= 15 is 0 Å². The summed E-state index contributed by atoms with van der Waals surface area (Å²) in [6.45, 7) is 7.77. The second-order valence-corrected chi connectivity index (χ2v) is 8.47. The lowest BCUT2D eigenvalue weighted by Gasteiger charge is -2.44. The molecule has 4 rings (SSSR count). The van der Waals surface area contributed by atoms with E-state index in [1.54, 1.807) is 0 Å². The molecule has 1 aliphatic heterocycles. The summed E-state index contributed by atoms with van der Waals surface area (Å²) in [6, 6.07) is 10.7. The molecule has 0 atom stereocenters. The lowest BCUT2D eigenvalue weighted by Crippen LogP contribution is -2.59. The van der Waals surface area contributed by atoms with Crippen LogP contribution in [0.25, 0.3) is 11.7 Å². The minimum atomic E-state index is -0.547. The van der Waals surface area contributed by atoms with Gasteiger partial charge in [0.15, 0.2) is 5.65 Å². The van der Waals surface area contributed by atoms with Crippen molar-refractivity contribution in [2.24, 2.45) is 0 Å². The highest BCUT2D eigenvalue weighted by Crippen LogP contribution is 2.24. The summed E-state index contributed by atoms with van der Waals surface area (Å²) < 4.78 is 1.97. The highest BCUT2D eigenvalue weighted by molar-refractivity contribution is 5.55. The molecule has 1 N–H and O–H groups in total. The topological polar surface area (TPSA) is 53.7 Å². The first-order valence-corrected chi connectivity index (χ1v) is 10.4. The normalized spacial score (nSPS) is 16.6. The number of benzene rings is 1. The van der Waals surface area contributed by atoms with Crippen LogP contribution in [0.4, 0.5) is 0 Å². The van der Waals surface area contributed by atoms with Crippen LogP contribution in [-0.2, 0) is 12.8 Å². The molecule has 1 aromatic carbocycles. The minimum absolute atomic E-state index is 0.547. The van der Waals surface area contributed by atoms with E-state index in [2.05, 4.69) is 61.2 Å². The number of aromatic nitrogens is 3. The summed E-state index contributed by atoms with van der Waals surface area (Å²) in [5.74, 6) is 0. The number of rotatable bonds is 6. The van der Waals surface area contributed by atoms with Crippen LogP contribution in [0.15, 0.2) is 36.4 Å². The molecule has 5 nitrogen and oxygen atoms in total. The molecule has 0 unspecified atom stereocenters. The molecule has 0 radical (unpaired) electrons. The lowest BCUT2D eigenvalue weighted by atomic mass is 9.91. The third kappa shape index (κ3) is 4.11. The van der Waals surface area contributed by atoms with Gasteiger partial charge < -0.3 is 10.0 Å². The van der Waals surface area contributed by atoms with Crippen LogP contribution >= 0.6 is 0 Å². The highest BCUT2D eigenvalue weighted by atomic mass is 16.3. The highest BCUT2D eigenvalue weighted by Gasteiger charge is 2.37. The molecule has 5 heteroatoms. The molecule has 0 saturated carbocycles. The number of fused-ring (bicyclic) bond motifs is 1. The zero-order valence-electron chi connectivity index (χ0n) is 17.8. The second-order valence-electron chi connectivity index (χ2n) is 8.47. The van der Waals surface area contributed by atoms with Crippen molar-refractivity contribution in [3.63, 3.8) is 0 Å². The van der Waals surface area contributed by atoms with Gasteiger partial charge in [-0.15, -0.1) is 0 Å². The van der Waals surface area contributed by atoms with E-state index in [4.69, 9.17) is 10.1 Å². The largest absolute Gasteiger partial charge is 0.387 e. The van der Waals surface area contributed by atoms with Gasteiger partial charge in [0, 0.05) is 36.5 Å². The standard InChI is InChI=1S/C24H30N4O/c1-5-22-21(23-25-17(2)13-18(3)28(23)26-22)14-20-10-8-19(9-11-20)7-6-12-24(29)15-27(4)16-24/h6-11,13,29H,5,12,14-16H2,1-4H3/b7-6+. The smallest absolute Gasteiger partial charge is 0.159 e. The van der Waals surface area contributed by atoms with E-state index < -0.39 is 5.60 Å². The van der Waals surface area contributed by atoms with Crippen LogP contribution < -0.4 is 0 Å². The molecular weight excluding hydrogens is 360 g/mol. The predicted octanol–water partition coefficient (Wildman–Crippen LogP) is 3.58. The number of β-amino-alcohol motifs (C(OH)–C–C–N with tert-alkyl or cyclic N) is 1. The molecule has 0 spiro atoms. The van der Waals surface area contributed by atoms with Gasteiger partial charge in [-0.2, -0.15) is 5.10 Å². The van der Waals surface area contributed by atoms with Crippen molar-refractivity contribution in [1.82, 2.24) is 19.5 Å². The third-order valence-electron chi connectivity index (χ3n) is 5.71. The first-order chi connectivity index (χ1) is 13.9. The molecule has 1 fully saturated rings. The quantitative estimate of drug-likeness (QED) is 0.699. The monoisotopic (exact) mass is 390 g/mol. The van der Waals surface area contributed by atoms with Crippen LogP contribution in [0.5, 0.6) is 0 Å². The number of likely N-dealkylation sites (N-methyl/N-ethyl adjacent to an activating group) is 1. The molecule has 3 heterocycles. The predicted molar refractivity (Wildman–Crippen MR) is 117 cm³/mol. The Morgan fingerprint density at radius 1 is 1.17 bits per heavy atom. The van der Waals surface area contributed by atoms with Crippen LogP contribution in [0.3, 0.4) is 0 Å². The van der Waals surface area contributed by atoms with Gasteiger partial charge in [-0.25, -0.2) is 9.50 Å². The van der Waals surface area contributed by atoms with Crippen molar-refractivity contribution in [3.05, 3.63) is 70.2 Å². The summed E-state index contributed by atoms with van der Waals surface area (Å²) in [7, 11) is 2.03. The van der Waals surface area contributed by atoms with Crippen molar-refractivity contribution in [2.75, 3.05) is 20.1 Å². The van der Waals surface area contributed by atoms with Crippen LogP contribution in [-0.4, -0.2) is 50.3 Å². The fourth-order valence-corrected chi connectivity index (χ4v) is 4.33. The fourth-order valence-electron chi connectivity index (χ4n) is 4.33. The maximum Gasteiger partial charge on any atom is 0.159 e. The Kier molecular flexibility index (Phi) is 5.28. The van der Waals surface area contributed by atoms with Gasteiger partial charge in [-0.3, -0.25) is 0 Å². The zero-order chi connectivity index (χ0) is 20.6. The van der Waals surface area contributed by atoms with E-state index in [1.807, 2.05) is 18.5 Å². The molecule has 152 valence electrons. The van der Waals surface area contributed by atoms with Crippen molar-refractivity contribution in [2.45, 2.75) is 45.6 Å². The molecule has 29 heavy (non-hydrogen) atoms. The molecule has 0 aliphatic carbocycles. The van der Waals surface area contributed by atoms with Gasteiger partial charge >= 0.3 is 0 Å². The number of nitrogens with zero attached hydrogens (tertiary/aromatic N) is 4. The van der Waals surface area contributed by atoms with Crippen molar-refractivity contribution >= 4 is 11.7 Å². The average molecular weight is 391 g/mol. The first kappa shape index (κ1) is 19.8. The van der Waals surface area contributed by atoms with Gasteiger partial charge in [-0.05, 0) is 50.9 Å². The molecule has 2 aromatic heterocycles. The number of hydrogen-bond donors (Lipinski definition) is 1. The van der Waals surface area contributed by atoms with Gasteiger partial charge in [-0.1, -0.05) is 43.3 Å². The Hall–Kier alpha value is -2.50. The van der Waals surface area contributed by atoms with Gasteiger partial charge in [0.25, 0.3) is 0 Å². The number of aryl methyl sites for hydroxylation is 3. The third-order valence-corrected chi connectivity index (χ3v) is 5.71. The lowest BCUT2D eigenvalue weighted by molar-refractivity contribution is -0.0827. The van der Waals surface area contributed by atoms with Crippen LogP contribution in [0, 0.1) is 13.8 Å². The maximum atomic E-state index is 10.3. The van der Waals surface area contributed by atoms with E-state index in [-0.39, 0.29) is 0 Å². The van der Waals surface area contributed by atoms with Gasteiger partial charge in [0.05, 0.1) is 11.3 Å². The maximum absolute atomic E-state index is 10.3. The van der Waals surface area contributed by atoms with E-state index in [9.17, 15) is 5.11 Å². The van der Waals surface area contributed by atoms with Gasteiger partial charge in [0.1, 0.15) is 0 Å². The van der Waals surface area contributed by atoms with E-state index in [0.29, 0.717) is 6.42 Å². The van der Waals surface area contributed by atoms with Crippen molar-refractivity contribution in [1.29, 1.82) is 0 Å². The molecule has 0 bridgehead atoms. The summed E-state index contributed by atoms with van der Waals surface area (Å²) >= 11 is 0. The molecule has 1 aliphatic rings. The average Bonchev–Trinajstić information content (AvgIpc) is 3.00. The fraction of sp³-hybridized carbons (Fsp3) is 0.417. The second kappa shape index (κ2) is 7.73. The molecule has 3 aromatic rings. The van der Waals surface area contributed by atoms with Crippen molar-refractivity contribution in [3.8, 4) is 0 Å². The number of hydrogen-bond acceptors (Lipinski definition) is 4. The Labute approximate surface area is 172 Å². The minimum Gasteiger partial charge on any atom is -0.387 e. The Morgan fingerprint density at radius 3 is 2.55 bits per heavy atom.